The average Bonchev–Trinajstić information content (AvgIpc) is 3.53. The lowest BCUT2D eigenvalue weighted by atomic mass is 10.1. The highest BCUT2D eigenvalue weighted by Crippen LogP contribution is 2.29. The van der Waals surface area contributed by atoms with E-state index >= 15 is 0 Å². The second-order valence-corrected chi connectivity index (χ2v) is 7.73. The first-order valence-electron chi connectivity index (χ1n) is 10.2. The van der Waals surface area contributed by atoms with Crippen molar-refractivity contribution < 1.29 is 4.79 Å². The molecule has 9 nitrogen and oxygen atoms in total. The van der Waals surface area contributed by atoms with Crippen molar-refractivity contribution in [3.05, 3.63) is 41.2 Å². The van der Waals surface area contributed by atoms with Gasteiger partial charge < -0.3 is 26.4 Å². The molecule has 9 heteroatoms. The van der Waals surface area contributed by atoms with Crippen molar-refractivity contribution in [2.45, 2.75) is 31.3 Å². The molecule has 3 heterocycles. The summed E-state index contributed by atoms with van der Waals surface area (Å²) < 4.78 is 0. The summed E-state index contributed by atoms with van der Waals surface area (Å²) in [6.07, 6.45) is 7.20. The number of anilines is 2. The summed E-state index contributed by atoms with van der Waals surface area (Å²) in [5.74, 6) is -0.386. The van der Waals surface area contributed by atoms with Gasteiger partial charge >= 0.3 is 0 Å². The number of carbonyl (C=O) groups excluding carboxylic acids is 1. The van der Waals surface area contributed by atoms with E-state index < -0.39 is 0 Å². The van der Waals surface area contributed by atoms with Crippen molar-refractivity contribution in [3.8, 4) is 0 Å². The lowest BCUT2D eigenvalue weighted by molar-refractivity contribution is 0.102. The van der Waals surface area contributed by atoms with Crippen LogP contribution in [0.4, 0.5) is 11.4 Å². The second kappa shape index (κ2) is 8.58. The summed E-state index contributed by atoms with van der Waals surface area (Å²) in [6, 6.07) is 7.93. The zero-order valence-electron chi connectivity index (χ0n) is 16.7. The Labute approximate surface area is 175 Å². The third kappa shape index (κ3) is 3.88. The molecule has 0 bridgehead atoms. The Morgan fingerprint density at radius 3 is 2.77 bits per heavy atom. The van der Waals surface area contributed by atoms with Gasteiger partial charge in [0.05, 0.1) is 11.4 Å². The van der Waals surface area contributed by atoms with Crippen LogP contribution >= 0.6 is 0 Å². The molecule has 1 amide bonds. The summed E-state index contributed by atoms with van der Waals surface area (Å²) in [5.41, 5.74) is 2.87. The van der Waals surface area contributed by atoms with Gasteiger partial charge in [0.2, 0.25) is 0 Å². The Kier molecular flexibility index (Phi) is 5.71. The summed E-state index contributed by atoms with van der Waals surface area (Å²) in [4.78, 5) is 17.2. The van der Waals surface area contributed by atoms with E-state index in [1.807, 2.05) is 18.2 Å². The highest BCUT2D eigenvalue weighted by molar-refractivity contribution is 6.06. The van der Waals surface area contributed by atoms with Gasteiger partial charge in [-0.15, -0.1) is 0 Å². The lowest BCUT2D eigenvalue weighted by Gasteiger charge is -2.28. The number of nitrogens with one attached hydrogen (secondary N) is 5. The summed E-state index contributed by atoms with van der Waals surface area (Å²) in [5, 5.41) is 32.0. The lowest BCUT2D eigenvalue weighted by Crippen LogP contribution is -2.41. The Bertz CT molecular complexity index is 968. The van der Waals surface area contributed by atoms with Crippen molar-refractivity contribution in [2.24, 2.45) is 0 Å². The summed E-state index contributed by atoms with van der Waals surface area (Å²) >= 11 is 0. The van der Waals surface area contributed by atoms with E-state index in [9.17, 15) is 4.79 Å². The van der Waals surface area contributed by atoms with Crippen LogP contribution in [0.15, 0.2) is 24.3 Å². The van der Waals surface area contributed by atoms with Crippen molar-refractivity contribution in [3.63, 3.8) is 0 Å². The van der Waals surface area contributed by atoms with E-state index in [0.717, 1.165) is 50.8 Å². The van der Waals surface area contributed by atoms with Crippen LogP contribution in [-0.4, -0.2) is 71.4 Å². The molecule has 2 aliphatic heterocycles. The molecule has 2 unspecified atom stereocenters. The normalized spacial score (nSPS) is 21.5. The molecule has 2 fully saturated rings. The number of nitrogens with zero attached hydrogens (tertiary/aromatic N) is 3. The molecule has 4 rings (SSSR count). The molecule has 1 aromatic heterocycles. The predicted octanol–water partition coefficient (Wildman–Crippen LogP) is 2.35. The van der Waals surface area contributed by atoms with Crippen LogP contribution in [0.25, 0.3) is 0 Å². The van der Waals surface area contributed by atoms with Crippen molar-refractivity contribution in [2.75, 3.05) is 29.9 Å². The fourth-order valence-electron chi connectivity index (χ4n) is 4.39. The number of H-pyrrole nitrogens is 1. The van der Waals surface area contributed by atoms with Gasteiger partial charge in [-0.1, -0.05) is 0 Å². The van der Waals surface area contributed by atoms with Gasteiger partial charge in [0.1, 0.15) is 0 Å². The van der Waals surface area contributed by atoms with E-state index in [1.54, 1.807) is 6.21 Å². The molecule has 30 heavy (non-hydrogen) atoms. The van der Waals surface area contributed by atoms with Gasteiger partial charge in [0, 0.05) is 55.1 Å². The molecular formula is C21H26N8O. The van der Waals surface area contributed by atoms with Crippen molar-refractivity contribution >= 4 is 35.9 Å². The van der Waals surface area contributed by atoms with Crippen molar-refractivity contribution in [1.82, 2.24) is 15.1 Å². The van der Waals surface area contributed by atoms with Crippen LogP contribution in [0, 0.1) is 16.2 Å². The van der Waals surface area contributed by atoms with E-state index in [-0.39, 0.29) is 17.6 Å². The molecule has 2 saturated heterocycles. The predicted molar refractivity (Wildman–Crippen MR) is 118 cm³/mol. The van der Waals surface area contributed by atoms with Crippen LogP contribution < -0.4 is 10.2 Å². The third-order valence-corrected chi connectivity index (χ3v) is 5.96. The first-order valence-corrected chi connectivity index (χ1v) is 10.2. The molecule has 0 spiro atoms. The van der Waals surface area contributed by atoms with Gasteiger partial charge in [-0.05, 0) is 50.1 Å². The number of benzene rings is 1. The van der Waals surface area contributed by atoms with Gasteiger partial charge in [0.15, 0.2) is 5.69 Å². The minimum absolute atomic E-state index is 0.197. The number of aromatic amines is 1. The number of hydrogen-bond donors (Lipinski definition) is 5. The smallest absolute Gasteiger partial charge is 0.276 e. The second-order valence-electron chi connectivity index (χ2n) is 7.73. The monoisotopic (exact) mass is 406 g/mol. The minimum Gasteiger partial charge on any atom is -0.370 e. The zero-order valence-corrected chi connectivity index (χ0v) is 16.7. The number of carbonyl (C=O) groups is 1. The standard InChI is InChI=1S/C21H26N8O/c22-10-14-8-16(28-7-5-18(13-28)29-6-1-2-17(29)12-24)3-4-19(14)25-21(30)20-9-15(11-23)26-27-20/h3-4,8-12,17-18,22-24H,1-2,5-7,13H2,(H,25,30)(H,26,27). The van der Waals surface area contributed by atoms with Crippen LogP contribution in [0.1, 0.15) is 41.0 Å². The molecule has 0 radical (unpaired) electrons. The fourth-order valence-corrected chi connectivity index (χ4v) is 4.39. The van der Waals surface area contributed by atoms with E-state index in [2.05, 4.69) is 25.3 Å². The number of likely N-dealkylation sites (tertiary alicyclic amines) is 1. The van der Waals surface area contributed by atoms with E-state index in [1.165, 1.54) is 12.3 Å². The SMILES string of the molecule is N=Cc1cc(C(=O)Nc2ccc(N3CCC(N4CCCC4C=N)C3)cc2C=N)n[nH]1. The minimum atomic E-state index is -0.386. The Hall–Kier alpha value is -3.33. The molecule has 0 aliphatic carbocycles. The van der Waals surface area contributed by atoms with E-state index in [4.69, 9.17) is 16.2 Å². The fraction of sp³-hybridized carbons (Fsp3) is 0.381. The molecular weight excluding hydrogens is 380 g/mol. The van der Waals surface area contributed by atoms with Gasteiger partial charge in [0.25, 0.3) is 5.91 Å². The highest BCUT2D eigenvalue weighted by atomic mass is 16.1. The average molecular weight is 406 g/mol. The number of amides is 1. The maximum absolute atomic E-state index is 12.4. The number of rotatable bonds is 7. The third-order valence-electron chi connectivity index (χ3n) is 5.96. The molecule has 2 aliphatic rings. The van der Waals surface area contributed by atoms with Crippen LogP contribution in [0.5, 0.6) is 0 Å². The molecule has 1 aromatic carbocycles. The zero-order chi connectivity index (χ0) is 21.1. The molecule has 2 aromatic rings. The summed E-state index contributed by atoms with van der Waals surface area (Å²) in [7, 11) is 0. The Morgan fingerprint density at radius 2 is 2.03 bits per heavy atom. The summed E-state index contributed by atoms with van der Waals surface area (Å²) in [6.45, 7) is 2.91. The van der Waals surface area contributed by atoms with Crippen LogP contribution in [0.2, 0.25) is 0 Å². The quantitative estimate of drug-likeness (QED) is 0.451. The highest BCUT2D eigenvalue weighted by Gasteiger charge is 2.34. The van der Waals surface area contributed by atoms with Crippen molar-refractivity contribution in [1.29, 1.82) is 16.2 Å². The maximum Gasteiger partial charge on any atom is 0.276 e. The van der Waals surface area contributed by atoms with Crippen LogP contribution in [-0.2, 0) is 0 Å². The first-order chi connectivity index (χ1) is 14.6. The van der Waals surface area contributed by atoms with Gasteiger partial charge in [-0.2, -0.15) is 5.10 Å². The van der Waals surface area contributed by atoms with Gasteiger partial charge in [-0.25, -0.2) is 0 Å². The molecule has 2 atom stereocenters. The number of hydrogen-bond acceptors (Lipinski definition) is 7. The maximum atomic E-state index is 12.4. The number of aromatic nitrogens is 2. The van der Waals surface area contributed by atoms with Gasteiger partial charge in [-0.3, -0.25) is 14.8 Å². The first kappa shape index (κ1) is 20.0. The Morgan fingerprint density at radius 1 is 1.17 bits per heavy atom. The Balaban J connectivity index is 1.46. The molecule has 156 valence electrons. The topological polar surface area (TPSA) is 136 Å². The van der Waals surface area contributed by atoms with E-state index in [0.29, 0.717) is 23.0 Å². The molecule has 5 N–H and O–H groups in total. The van der Waals surface area contributed by atoms with Crippen LogP contribution in [0.3, 0.4) is 0 Å². The largest absolute Gasteiger partial charge is 0.370 e. The molecule has 0 saturated carbocycles.